The van der Waals surface area contributed by atoms with Crippen LogP contribution in [0, 0.1) is 0 Å². The molecule has 21 heavy (non-hydrogen) atoms. The molecule has 1 atom stereocenters. The van der Waals surface area contributed by atoms with Crippen LogP contribution < -0.4 is 15.4 Å². The molecule has 5 nitrogen and oxygen atoms in total. The lowest BCUT2D eigenvalue weighted by atomic mass is 9.80. The fourth-order valence-corrected chi connectivity index (χ4v) is 2.37. The van der Waals surface area contributed by atoms with E-state index in [0.717, 1.165) is 24.3 Å². The smallest absolute Gasteiger partial charge is 0.407 e. The number of hydrogen-bond acceptors (Lipinski definition) is 4. The molecule has 1 saturated heterocycles. The van der Waals surface area contributed by atoms with E-state index in [1.807, 2.05) is 45.0 Å². The van der Waals surface area contributed by atoms with Crippen LogP contribution in [0.15, 0.2) is 24.3 Å². The molecule has 0 aromatic heterocycles. The first-order chi connectivity index (χ1) is 9.85. The van der Waals surface area contributed by atoms with Crippen molar-refractivity contribution in [3.63, 3.8) is 0 Å². The average Bonchev–Trinajstić information content (AvgIpc) is 2.36. The lowest BCUT2D eigenvalue weighted by Gasteiger charge is -2.44. The van der Waals surface area contributed by atoms with Crippen LogP contribution in [0.5, 0.6) is 5.75 Å². The molecule has 1 amide bonds. The molecule has 1 aromatic carbocycles. The van der Waals surface area contributed by atoms with Gasteiger partial charge >= 0.3 is 6.09 Å². The third-order valence-corrected chi connectivity index (χ3v) is 3.59. The molecule has 1 aromatic rings. The van der Waals surface area contributed by atoms with Crippen molar-refractivity contribution in [3.8, 4) is 5.75 Å². The summed E-state index contributed by atoms with van der Waals surface area (Å²) in [6.07, 6.45) is 0.596. The quantitative estimate of drug-likeness (QED) is 0.894. The van der Waals surface area contributed by atoms with E-state index in [1.165, 1.54) is 0 Å². The Balaban J connectivity index is 1.99. The maximum absolute atomic E-state index is 11.8. The Morgan fingerprint density at radius 2 is 1.95 bits per heavy atom. The van der Waals surface area contributed by atoms with Crippen molar-refractivity contribution < 1.29 is 14.3 Å². The fraction of sp³-hybridized carbons (Fsp3) is 0.562. The topological polar surface area (TPSA) is 59.6 Å². The van der Waals surface area contributed by atoms with Crippen molar-refractivity contribution in [1.29, 1.82) is 0 Å². The Kier molecular flexibility index (Phi) is 4.42. The summed E-state index contributed by atoms with van der Waals surface area (Å²) in [5.41, 5.74) is 0.457. The molecule has 1 heterocycles. The van der Waals surface area contributed by atoms with Crippen molar-refractivity contribution in [3.05, 3.63) is 29.8 Å². The van der Waals surface area contributed by atoms with Gasteiger partial charge in [0.2, 0.25) is 0 Å². The number of ether oxygens (including phenoxy) is 2. The average molecular weight is 292 g/mol. The molecule has 1 aliphatic rings. The molecule has 0 aliphatic carbocycles. The highest BCUT2D eigenvalue weighted by molar-refractivity contribution is 5.67. The van der Waals surface area contributed by atoms with E-state index in [4.69, 9.17) is 9.47 Å². The minimum atomic E-state index is -0.482. The Bertz CT molecular complexity index is 487. The fourth-order valence-electron chi connectivity index (χ4n) is 2.37. The van der Waals surface area contributed by atoms with E-state index in [9.17, 15) is 4.79 Å². The molecule has 0 bridgehead atoms. The largest absolute Gasteiger partial charge is 0.497 e. The zero-order chi connectivity index (χ0) is 15.5. The highest BCUT2D eigenvalue weighted by atomic mass is 16.6. The maximum Gasteiger partial charge on any atom is 0.407 e. The molecule has 5 heteroatoms. The molecule has 2 N–H and O–H groups in total. The number of rotatable bonds is 4. The van der Waals surface area contributed by atoms with Gasteiger partial charge in [-0.3, -0.25) is 0 Å². The number of carbonyl (C=O) groups is 1. The highest BCUT2D eigenvalue weighted by Crippen LogP contribution is 2.31. The Morgan fingerprint density at radius 3 is 2.38 bits per heavy atom. The molecular formula is C16H24N2O3. The maximum atomic E-state index is 11.8. The van der Waals surface area contributed by atoms with Gasteiger partial charge in [-0.15, -0.1) is 0 Å². The zero-order valence-electron chi connectivity index (χ0n) is 13.2. The summed E-state index contributed by atoms with van der Waals surface area (Å²) in [7, 11) is 1.65. The molecule has 2 rings (SSSR count). The lowest BCUT2D eigenvalue weighted by molar-refractivity contribution is 0.0491. The SMILES string of the molecule is COc1ccc(C2(CNC(=O)OC(C)(C)C)CCN2)cc1. The second-order valence-corrected chi connectivity index (χ2v) is 6.34. The first kappa shape index (κ1) is 15.6. The van der Waals surface area contributed by atoms with Crippen molar-refractivity contribution in [1.82, 2.24) is 10.6 Å². The second-order valence-electron chi connectivity index (χ2n) is 6.34. The van der Waals surface area contributed by atoms with E-state index >= 15 is 0 Å². The normalized spacial score (nSPS) is 21.3. The van der Waals surface area contributed by atoms with E-state index in [0.29, 0.717) is 6.54 Å². The monoisotopic (exact) mass is 292 g/mol. The predicted octanol–water partition coefficient (Wildman–Crippen LogP) is 2.41. The molecule has 116 valence electrons. The van der Waals surface area contributed by atoms with E-state index in [1.54, 1.807) is 7.11 Å². The van der Waals surface area contributed by atoms with Gasteiger partial charge in [-0.25, -0.2) is 4.79 Å². The zero-order valence-corrected chi connectivity index (χ0v) is 13.2. The predicted molar refractivity (Wildman–Crippen MR) is 81.5 cm³/mol. The van der Waals surface area contributed by atoms with Gasteiger partial charge in [-0.1, -0.05) is 12.1 Å². The molecule has 0 spiro atoms. The molecule has 0 radical (unpaired) electrons. The molecule has 0 saturated carbocycles. The minimum absolute atomic E-state index is 0.205. The van der Waals surface area contributed by atoms with Gasteiger partial charge in [-0.2, -0.15) is 0 Å². The van der Waals surface area contributed by atoms with Crippen LogP contribution in [-0.2, 0) is 10.3 Å². The Morgan fingerprint density at radius 1 is 1.33 bits per heavy atom. The van der Waals surface area contributed by atoms with Crippen LogP contribution in [0.3, 0.4) is 0 Å². The Labute approximate surface area is 126 Å². The number of amides is 1. The van der Waals surface area contributed by atoms with Crippen LogP contribution >= 0.6 is 0 Å². The third kappa shape index (κ3) is 3.88. The minimum Gasteiger partial charge on any atom is -0.497 e. The summed E-state index contributed by atoms with van der Waals surface area (Å²) < 4.78 is 10.5. The highest BCUT2D eigenvalue weighted by Gasteiger charge is 2.38. The molecule has 1 aliphatic heterocycles. The Hall–Kier alpha value is -1.75. The number of alkyl carbamates (subject to hydrolysis) is 1. The van der Waals surface area contributed by atoms with Crippen LogP contribution in [0.25, 0.3) is 0 Å². The van der Waals surface area contributed by atoms with Gasteiger partial charge in [0.25, 0.3) is 0 Å². The van der Waals surface area contributed by atoms with Gasteiger partial charge in [0.05, 0.1) is 12.6 Å². The number of carbonyl (C=O) groups excluding carboxylic acids is 1. The van der Waals surface area contributed by atoms with Crippen LogP contribution in [0.4, 0.5) is 4.79 Å². The lowest BCUT2D eigenvalue weighted by Crippen LogP contribution is -2.60. The van der Waals surface area contributed by atoms with Gasteiger partial charge in [-0.05, 0) is 51.4 Å². The van der Waals surface area contributed by atoms with Gasteiger partial charge in [0.15, 0.2) is 0 Å². The summed E-state index contributed by atoms with van der Waals surface area (Å²) in [5.74, 6) is 0.827. The van der Waals surface area contributed by atoms with Crippen LogP contribution in [-0.4, -0.2) is 31.9 Å². The number of nitrogens with one attached hydrogen (secondary N) is 2. The second kappa shape index (κ2) is 5.93. The van der Waals surface area contributed by atoms with Crippen molar-refractivity contribution in [2.24, 2.45) is 0 Å². The summed E-state index contributed by atoms with van der Waals surface area (Å²) in [5, 5.41) is 6.27. The first-order valence-corrected chi connectivity index (χ1v) is 7.21. The molecular weight excluding hydrogens is 268 g/mol. The van der Waals surface area contributed by atoms with E-state index in [2.05, 4.69) is 10.6 Å². The van der Waals surface area contributed by atoms with E-state index < -0.39 is 5.60 Å². The van der Waals surface area contributed by atoms with Gasteiger partial charge in [0, 0.05) is 6.54 Å². The molecule has 1 unspecified atom stereocenters. The number of methoxy groups -OCH3 is 1. The van der Waals surface area contributed by atoms with Crippen LogP contribution in [0.2, 0.25) is 0 Å². The van der Waals surface area contributed by atoms with Gasteiger partial charge in [0.1, 0.15) is 11.4 Å². The van der Waals surface area contributed by atoms with Gasteiger partial charge < -0.3 is 20.1 Å². The van der Waals surface area contributed by atoms with Crippen molar-refractivity contribution >= 4 is 6.09 Å². The third-order valence-electron chi connectivity index (χ3n) is 3.59. The van der Waals surface area contributed by atoms with Crippen molar-refractivity contribution in [2.45, 2.75) is 38.3 Å². The number of benzene rings is 1. The summed E-state index contributed by atoms with van der Waals surface area (Å²) in [6.45, 7) is 7.02. The van der Waals surface area contributed by atoms with Crippen LogP contribution in [0.1, 0.15) is 32.8 Å². The van der Waals surface area contributed by atoms with E-state index in [-0.39, 0.29) is 11.6 Å². The number of hydrogen-bond donors (Lipinski definition) is 2. The summed E-state index contributed by atoms with van der Waals surface area (Å²) in [4.78, 5) is 11.8. The summed E-state index contributed by atoms with van der Waals surface area (Å²) in [6, 6.07) is 7.93. The summed E-state index contributed by atoms with van der Waals surface area (Å²) >= 11 is 0. The standard InChI is InChI=1S/C16H24N2O3/c1-15(2,3)21-14(19)17-11-16(9-10-18-16)12-5-7-13(20-4)8-6-12/h5-8,18H,9-11H2,1-4H3,(H,17,19). The molecule has 1 fully saturated rings. The van der Waals surface area contributed by atoms with Crippen molar-refractivity contribution in [2.75, 3.05) is 20.2 Å². The first-order valence-electron chi connectivity index (χ1n) is 7.21.